The van der Waals surface area contributed by atoms with Crippen molar-refractivity contribution >= 4 is 11.6 Å². The van der Waals surface area contributed by atoms with Crippen LogP contribution in [0, 0.1) is 11.3 Å². The summed E-state index contributed by atoms with van der Waals surface area (Å²) in [6.45, 7) is 2.01. The Morgan fingerprint density at radius 3 is 2.61 bits per heavy atom. The molecule has 1 saturated carbocycles. The highest BCUT2D eigenvalue weighted by atomic mass is 35.5. The van der Waals surface area contributed by atoms with Crippen molar-refractivity contribution in [2.24, 2.45) is 0 Å². The minimum atomic E-state index is -0.349. The molecule has 0 bridgehead atoms. The second-order valence-corrected chi connectivity index (χ2v) is 8.08. The van der Waals surface area contributed by atoms with E-state index in [9.17, 15) is 5.26 Å². The van der Waals surface area contributed by atoms with Crippen molar-refractivity contribution in [1.29, 1.82) is 5.26 Å². The molecule has 4 nitrogen and oxygen atoms in total. The molecule has 0 atom stereocenters. The summed E-state index contributed by atoms with van der Waals surface area (Å²) < 4.78 is 11.5. The first-order valence-electron chi connectivity index (χ1n) is 9.98. The summed E-state index contributed by atoms with van der Waals surface area (Å²) in [6.07, 6.45) is 4.60. The van der Waals surface area contributed by atoms with Gasteiger partial charge < -0.3 is 14.8 Å². The van der Waals surface area contributed by atoms with E-state index in [0.717, 1.165) is 55.5 Å². The summed E-state index contributed by atoms with van der Waals surface area (Å²) in [5.74, 6) is 1.39. The highest BCUT2D eigenvalue weighted by molar-refractivity contribution is 6.32. The third-order valence-corrected chi connectivity index (χ3v) is 6.12. The molecule has 2 aromatic rings. The van der Waals surface area contributed by atoms with Gasteiger partial charge in [-0.15, -0.1) is 0 Å². The lowest BCUT2D eigenvalue weighted by molar-refractivity contribution is 0.294. The molecule has 0 unspecified atom stereocenters. The number of nitrogens with zero attached hydrogens (tertiary/aromatic N) is 1. The van der Waals surface area contributed by atoms with Crippen LogP contribution in [0.15, 0.2) is 42.5 Å². The molecule has 28 heavy (non-hydrogen) atoms. The number of halogens is 1. The van der Waals surface area contributed by atoms with Gasteiger partial charge >= 0.3 is 0 Å². The summed E-state index contributed by atoms with van der Waals surface area (Å²) >= 11 is 6.40. The van der Waals surface area contributed by atoms with E-state index in [2.05, 4.69) is 23.5 Å². The normalized spacial score (nSPS) is 24.2. The third kappa shape index (κ3) is 3.97. The van der Waals surface area contributed by atoms with Gasteiger partial charge in [-0.2, -0.15) is 5.26 Å². The Hall–Kier alpha value is -2.22. The molecule has 0 radical (unpaired) electrons. The molecule has 1 aliphatic carbocycles. The summed E-state index contributed by atoms with van der Waals surface area (Å²) in [4.78, 5) is 0. The van der Waals surface area contributed by atoms with E-state index < -0.39 is 0 Å². The number of nitriles is 1. The van der Waals surface area contributed by atoms with E-state index in [1.54, 1.807) is 0 Å². The SMILES string of the molecule is N#CC1(c2ccccc2)CCC(NCc2cc(Cl)c3c(c2)OCCCO3)CC1. The summed E-state index contributed by atoms with van der Waals surface area (Å²) in [7, 11) is 0. The summed E-state index contributed by atoms with van der Waals surface area (Å²) in [5, 5.41) is 14.1. The van der Waals surface area contributed by atoms with Gasteiger partial charge in [-0.25, -0.2) is 0 Å². The van der Waals surface area contributed by atoms with Crippen LogP contribution in [0.3, 0.4) is 0 Å². The fourth-order valence-electron chi connectivity index (χ4n) is 4.19. The first-order valence-corrected chi connectivity index (χ1v) is 10.4. The minimum Gasteiger partial charge on any atom is -0.489 e. The lowest BCUT2D eigenvalue weighted by Crippen LogP contribution is -2.38. The van der Waals surface area contributed by atoms with Crippen LogP contribution in [0.5, 0.6) is 11.5 Å². The monoisotopic (exact) mass is 396 g/mol. The minimum absolute atomic E-state index is 0.349. The van der Waals surface area contributed by atoms with E-state index in [0.29, 0.717) is 30.0 Å². The molecule has 0 aromatic heterocycles. The lowest BCUT2D eigenvalue weighted by Gasteiger charge is -2.35. The predicted octanol–water partition coefficient (Wildman–Crippen LogP) is 5.00. The van der Waals surface area contributed by atoms with Crippen LogP contribution in [0.25, 0.3) is 0 Å². The summed E-state index contributed by atoms with van der Waals surface area (Å²) in [5.41, 5.74) is 1.89. The molecule has 5 heteroatoms. The maximum absolute atomic E-state index is 9.84. The van der Waals surface area contributed by atoms with Crippen molar-refractivity contribution in [2.75, 3.05) is 13.2 Å². The van der Waals surface area contributed by atoms with E-state index in [1.807, 2.05) is 30.3 Å². The van der Waals surface area contributed by atoms with E-state index in [-0.39, 0.29) is 5.41 Å². The molecule has 1 heterocycles. The molecule has 2 aromatic carbocycles. The Labute approximate surface area is 171 Å². The Balaban J connectivity index is 1.38. The van der Waals surface area contributed by atoms with Crippen molar-refractivity contribution in [3.8, 4) is 17.6 Å². The molecule has 1 fully saturated rings. The van der Waals surface area contributed by atoms with Crippen LogP contribution < -0.4 is 14.8 Å². The van der Waals surface area contributed by atoms with E-state index >= 15 is 0 Å². The fraction of sp³-hybridized carbons (Fsp3) is 0.435. The number of hydrogen-bond acceptors (Lipinski definition) is 4. The lowest BCUT2D eigenvalue weighted by atomic mass is 9.69. The first kappa shape index (κ1) is 19.1. The number of ether oxygens (including phenoxy) is 2. The Morgan fingerprint density at radius 1 is 1.11 bits per heavy atom. The number of hydrogen-bond donors (Lipinski definition) is 1. The predicted molar refractivity (Wildman–Crippen MR) is 110 cm³/mol. The van der Waals surface area contributed by atoms with Crippen LogP contribution in [-0.2, 0) is 12.0 Å². The zero-order chi connectivity index (χ0) is 19.4. The van der Waals surface area contributed by atoms with E-state index in [1.165, 1.54) is 0 Å². The van der Waals surface area contributed by atoms with Crippen LogP contribution in [0.1, 0.15) is 43.2 Å². The van der Waals surface area contributed by atoms with Gasteiger partial charge in [0.1, 0.15) is 0 Å². The van der Waals surface area contributed by atoms with Gasteiger partial charge in [-0.3, -0.25) is 0 Å². The molecule has 1 aliphatic heterocycles. The largest absolute Gasteiger partial charge is 0.489 e. The number of benzene rings is 2. The highest BCUT2D eigenvalue weighted by Gasteiger charge is 2.36. The molecule has 1 N–H and O–H groups in total. The van der Waals surface area contributed by atoms with Crippen molar-refractivity contribution in [3.63, 3.8) is 0 Å². The summed E-state index contributed by atoms with van der Waals surface area (Å²) in [6, 6.07) is 17.2. The van der Waals surface area contributed by atoms with Crippen molar-refractivity contribution in [3.05, 3.63) is 58.6 Å². The first-order chi connectivity index (χ1) is 13.7. The van der Waals surface area contributed by atoms with Gasteiger partial charge in [0.15, 0.2) is 11.5 Å². The molecule has 2 aliphatic rings. The molecular formula is C23H25ClN2O2. The van der Waals surface area contributed by atoms with Crippen LogP contribution in [-0.4, -0.2) is 19.3 Å². The Kier molecular flexibility index (Phi) is 5.75. The molecular weight excluding hydrogens is 372 g/mol. The average molecular weight is 397 g/mol. The third-order valence-electron chi connectivity index (χ3n) is 5.84. The van der Waals surface area contributed by atoms with Gasteiger partial charge in [0, 0.05) is 19.0 Å². The Bertz CT molecular complexity index is 855. The number of rotatable bonds is 4. The van der Waals surface area contributed by atoms with Gasteiger partial charge in [0.05, 0.1) is 29.7 Å². The second-order valence-electron chi connectivity index (χ2n) is 7.67. The quantitative estimate of drug-likeness (QED) is 0.790. The van der Waals surface area contributed by atoms with Crippen LogP contribution in [0.4, 0.5) is 0 Å². The zero-order valence-corrected chi connectivity index (χ0v) is 16.7. The highest BCUT2D eigenvalue weighted by Crippen LogP contribution is 2.40. The maximum atomic E-state index is 9.84. The Morgan fingerprint density at radius 2 is 1.86 bits per heavy atom. The topological polar surface area (TPSA) is 54.3 Å². The standard InChI is InChI=1S/C23H25ClN2O2/c24-20-13-17(14-21-22(20)28-12-4-11-27-21)15-26-19-7-9-23(16-25,10-8-19)18-5-2-1-3-6-18/h1-3,5-6,13-14,19,26H,4,7-12,15H2. The fourth-order valence-corrected chi connectivity index (χ4v) is 4.47. The van der Waals surface area contributed by atoms with Crippen molar-refractivity contribution in [2.45, 2.75) is 50.1 Å². The smallest absolute Gasteiger partial charge is 0.179 e. The molecule has 4 rings (SSSR count). The molecule has 0 spiro atoms. The van der Waals surface area contributed by atoms with Crippen molar-refractivity contribution in [1.82, 2.24) is 5.32 Å². The van der Waals surface area contributed by atoms with E-state index in [4.69, 9.17) is 21.1 Å². The van der Waals surface area contributed by atoms with Gasteiger partial charge in [0.25, 0.3) is 0 Å². The van der Waals surface area contributed by atoms with Crippen LogP contribution >= 0.6 is 11.6 Å². The average Bonchev–Trinajstić information content (AvgIpc) is 2.99. The molecule has 0 amide bonds. The van der Waals surface area contributed by atoms with Crippen molar-refractivity contribution < 1.29 is 9.47 Å². The second kappa shape index (κ2) is 8.43. The van der Waals surface area contributed by atoms with Gasteiger partial charge in [-0.1, -0.05) is 41.9 Å². The number of fused-ring (bicyclic) bond motifs is 1. The maximum Gasteiger partial charge on any atom is 0.179 e. The molecule has 146 valence electrons. The molecule has 0 saturated heterocycles. The van der Waals surface area contributed by atoms with Crippen LogP contribution in [0.2, 0.25) is 5.02 Å². The number of nitrogens with one attached hydrogen (secondary N) is 1. The zero-order valence-electron chi connectivity index (χ0n) is 15.9. The van der Waals surface area contributed by atoms with Gasteiger partial charge in [0.2, 0.25) is 0 Å². The van der Waals surface area contributed by atoms with Gasteiger partial charge in [-0.05, 0) is 48.9 Å².